The van der Waals surface area contributed by atoms with E-state index in [4.69, 9.17) is 15.2 Å². The number of benzene rings is 1. The molecule has 4 heteroatoms. The molecule has 1 saturated heterocycles. The van der Waals surface area contributed by atoms with Crippen molar-refractivity contribution in [3.8, 4) is 11.5 Å². The van der Waals surface area contributed by atoms with Crippen LogP contribution in [-0.2, 0) is 0 Å². The number of ether oxygens (including phenoxy) is 2. The Hall–Kier alpha value is -1.26. The monoisotopic (exact) mass is 292 g/mol. The maximum absolute atomic E-state index is 6.06. The second kappa shape index (κ2) is 7.66. The molecule has 0 aliphatic carbocycles. The van der Waals surface area contributed by atoms with E-state index in [1.807, 2.05) is 13.0 Å². The van der Waals surface area contributed by atoms with Gasteiger partial charge in [-0.3, -0.25) is 4.90 Å². The lowest BCUT2D eigenvalue weighted by Crippen LogP contribution is -2.40. The number of piperidine rings is 1. The summed E-state index contributed by atoms with van der Waals surface area (Å²) in [5.74, 6) is 2.34. The minimum Gasteiger partial charge on any atom is -0.493 e. The molecule has 1 fully saturated rings. The van der Waals surface area contributed by atoms with E-state index in [0.29, 0.717) is 13.2 Å². The van der Waals surface area contributed by atoms with Crippen LogP contribution < -0.4 is 15.2 Å². The van der Waals surface area contributed by atoms with Crippen LogP contribution in [0.4, 0.5) is 0 Å². The topological polar surface area (TPSA) is 47.7 Å². The number of likely N-dealkylation sites (tertiary alicyclic amines) is 1. The molecule has 2 N–H and O–H groups in total. The summed E-state index contributed by atoms with van der Waals surface area (Å²) in [5.41, 5.74) is 7.28. The van der Waals surface area contributed by atoms with Crippen molar-refractivity contribution in [2.45, 2.75) is 32.7 Å². The SMILES string of the molecule is CCOc1cc(C(CN)N2CCCC(C)C2)ccc1OC. The molecule has 0 saturated carbocycles. The van der Waals surface area contributed by atoms with Crippen molar-refractivity contribution in [1.82, 2.24) is 4.90 Å². The molecule has 0 amide bonds. The minimum atomic E-state index is 0.262. The summed E-state index contributed by atoms with van der Waals surface area (Å²) in [6.07, 6.45) is 2.58. The third kappa shape index (κ3) is 3.89. The van der Waals surface area contributed by atoms with E-state index in [0.717, 1.165) is 30.5 Å². The van der Waals surface area contributed by atoms with Gasteiger partial charge in [0.25, 0.3) is 0 Å². The Kier molecular flexibility index (Phi) is 5.88. The highest BCUT2D eigenvalue weighted by molar-refractivity contribution is 5.44. The molecule has 2 atom stereocenters. The molecule has 1 aliphatic rings. The number of rotatable bonds is 6. The molecule has 1 aliphatic heterocycles. The van der Waals surface area contributed by atoms with Crippen molar-refractivity contribution in [2.24, 2.45) is 11.7 Å². The van der Waals surface area contributed by atoms with Crippen LogP contribution in [0.2, 0.25) is 0 Å². The summed E-state index contributed by atoms with van der Waals surface area (Å²) in [6.45, 7) is 7.82. The van der Waals surface area contributed by atoms with E-state index < -0.39 is 0 Å². The molecule has 0 bridgehead atoms. The molecule has 1 aromatic rings. The smallest absolute Gasteiger partial charge is 0.161 e. The second-order valence-electron chi connectivity index (χ2n) is 5.84. The van der Waals surface area contributed by atoms with Gasteiger partial charge < -0.3 is 15.2 Å². The predicted octanol–water partition coefficient (Wildman–Crippen LogP) is 2.83. The lowest BCUT2D eigenvalue weighted by molar-refractivity contribution is 0.133. The van der Waals surface area contributed by atoms with Crippen LogP contribution in [0.5, 0.6) is 11.5 Å². The Morgan fingerprint density at radius 1 is 1.38 bits per heavy atom. The fourth-order valence-electron chi connectivity index (χ4n) is 3.17. The lowest BCUT2D eigenvalue weighted by Gasteiger charge is -2.37. The summed E-state index contributed by atoms with van der Waals surface area (Å²) >= 11 is 0. The Morgan fingerprint density at radius 3 is 2.81 bits per heavy atom. The van der Waals surface area contributed by atoms with Gasteiger partial charge in [-0.2, -0.15) is 0 Å². The Morgan fingerprint density at radius 2 is 2.19 bits per heavy atom. The number of nitrogens with two attached hydrogens (primary N) is 1. The van der Waals surface area contributed by atoms with E-state index in [-0.39, 0.29) is 6.04 Å². The first-order valence-corrected chi connectivity index (χ1v) is 7.94. The molecule has 2 rings (SSSR count). The van der Waals surface area contributed by atoms with Crippen LogP contribution >= 0.6 is 0 Å². The molecular weight excluding hydrogens is 264 g/mol. The highest BCUT2D eigenvalue weighted by Gasteiger charge is 2.25. The van der Waals surface area contributed by atoms with Crippen LogP contribution in [0.15, 0.2) is 18.2 Å². The second-order valence-corrected chi connectivity index (χ2v) is 5.84. The molecule has 0 radical (unpaired) electrons. The van der Waals surface area contributed by atoms with Crippen molar-refractivity contribution in [3.63, 3.8) is 0 Å². The summed E-state index contributed by atoms with van der Waals surface area (Å²) in [7, 11) is 1.67. The van der Waals surface area contributed by atoms with Gasteiger partial charge in [-0.25, -0.2) is 0 Å². The lowest BCUT2D eigenvalue weighted by atomic mass is 9.96. The molecule has 118 valence electrons. The Bertz CT molecular complexity index is 450. The van der Waals surface area contributed by atoms with Crippen molar-refractivity contribution in [1.29, 1.82) is 0 Å². The van der Waals surface area contributed by atoms with Crippen molar-refractivity contribution in [2.75, 3.05) is 33.4 Å². The van der Waals surface area contributed by atoms with Gasteiger partial charge in [0.05, 0.1) is 13.7 Å². The maximum Gasteiger partial charge on any atom is 0.161 e. The third-order valence-corrected chi connectivity index (χ3v) is 4.22. The van der Waals surface area contributed by atoms with Gasteiger partial charge in [0.1, 0.15) is 0 Å². The van der Waals surface area contributed by atoms with Crippen LogP contribution in [0.3, 0.4) is 0 Å². The van der Waals surface area contributed by atoms with Crippen LogP contribution in [-0.4, -0.2) is 38.3 Å². The molecule has 1 aromatic carbocycles. The highest BCUT2D eigenvalue weighted by Crippen LogP contribution is 2.33. The molecule has 0 aromatic heterocycles. The molecule has 2 unspecified atom stereocenters. The van der Waals surface area contributed by atoms with E-state index in [1.165, 1.54) is 18.4 Å². The van der Waals surface area contributed by atoms with Crippen LogP contribution in [0.25, 0.3) is 0 Å². The Balaban J connectivity index is 2.22. The highest BCUT2D eigenvalue weighted by atomic mass is 16.5. The first kappa shape index (κ1) is 16.1. The van der Waals surface area contributed by atoms with Gasteiger partial charge in [-0.15, -0.1) is 0 Å². The average molecular weight is 292 g/mol. The van der Waals surface area contributed by atoms with E-state index in [1.54, 1.807) is 7.11 Å². The largest absolute Gasteiger partial charge is 0.493 e. The zero-order chi connectivity index (χ0) is 15.2. The fraction of sp³-hybridized carbons (Fsp3) is 0.647. The van der Waals surface area contributed by atoms with Crippen molar-refractivity contribution in [3.05, 3.63) is 23.8 Å². The fourth-order valence-corrected chi connectivity index (χ4v) is 3.17. The summed E-state index contributed by atoms with van der Waals surface area (Å²) in [6, 6.07) is 6.44. The van der Waals surface area contributed by atoms with Crippen LogP contribution in [0, 0.1) is 5.92 Å². The Labute approximate surface area is 128 Å². The standard InChI is InChI=1S/C17H28N2O2/c1-4-21-17-10-14(7-8-16(17)20-3)15(11-18)19-9-5-6-13(2)12-19/h7-8,10,13,15H,4-6,9,11-12,18H2,1-3H3. The number of methoxy groups -OCH3 is 1. The minimum absolute atomic E-state index is 0.262. The first-order valence-electron chi connectivity index (χ1n) is 7.94. The first-order chi connectivity index (χ1) is 10.2. The van der Waals surface area contributed by atoms with E-state index in [9.17, 15) is 0 Å². The zero-order valence-electron chi connectivity index (χ0n) is 13.5. The molecule has 21 heavy (non-hydrogen) atoms. The van der Waals surface area contributed by atoms with Crippen LogP contribution in [0.1, 0.15) is 38.3 Å². The van der Waals surface area contributed by atoms with Gasteiger partial charge in [-0.05, 0) is 49.9 Å². The van der Waals surface area contributed by atoms with Gasteiger partial charge >= 0.3 is 0 Å². The number of nitrogens with zero attached hydrogens (tertiary/aromatic N) is 1. The molecule has 0 spiro atoms. The maximum atomic E-state index is 6.06. The third-order valence-electron chi connectivity index (χ3n) is 4.22. The predicted molar refractivity (Wildman–Crippen MR) is 85.9 cm³/mol. The van der Waals surface area contributed by atoms with E-state index >= 15 is 0 Å². The zero-order valence-corrected chi connectivity index (χ0v) is 13.5. The van der Waals surface area contributed by atoms with Gasteiger partial charge in [0.15, 0.2) is 11.5 Å². The number of hydrogen-bond acceptors (Lipinski definition) is 4. The molecule has 1 heterocycles. The summed E-state index contributed by atoms with van der Waals surface area (Å²) in [4.78, 5) is 2.51. The van der Waals surface area contributed by atoms with Gasteiger partial charge in [-0.1, -0.05) is 13.0 Å². The van der Waals surface area contributed by atoms with Gasteiger partial charge in [0.2, 0.25) is 0 Å². The van der Waals surface area contributed by atoms with Crippen molar-refractivity contribution >= 4 is 0 Å². The summed E-state index contributed by atoms with van der Waals surface area (Å²) in [5, 5.41) is 0. The normalized spacial score (nSPS) is 21.0. The molecule has 4 nitrogen and oxygen atoms in total. The number of hydrogen-bond donors (Lipinski definition) is 1. The quantitative estimate of drug-likeness (QED) is 0.876. The average Bonchev–Trinajstić information content (AvgIpc) is 2.49. The van der Waals surface area contributed by atoms with E-state index in [2.05, 4.69) is 24.0 Å². The molecular formula is C17H28N2O2. The summed E-state index contributed by atoms with van der Waals surface area (Å²) < 4.78 is 11.0. The van der Waals surface area contributed by atoms with Gasteiger partial charge in [0, 0.05) is 19.1 Å². The van der Waals surface area contributed by atoms with Crippen molar-refractivity contribution < 1.29 is 9.47 Å².